The van der Waals surface area contributed by atoms with Crippen molar-refractivity contribution < 1.29 is 9.64 Å². The van der Waals surface area contributed by atoms with Gasteiger partial charge in [0.05, 0.1) is 29.5 Å². The van der Waals surface area contributed by atoms with E-state index < -0.39 is 0 Å². The van der Waals surface area contributed by atoms with E-state index >= 15 is 0 Å². The van der Waals surface area contributed by atoms with Crippen LogP contribution in [0.2, 0.25) is 0 Å². The molecule has 0 spiro atoms. The molecule has 0 radical (unpaired) electrons. The molecule has 3 aromatic rings. The Hall–Kier alpha value is -1.84. The van der Waals surface area contributed by atoms with Crippen LogP contribution in [-0.4, -0.2) is 57.4 Å². The van der Waals surface area contributed by atoms with E-state index in [0.29, 0.717) is 5.78 Å². The number of fused-ring (bicyclic) bond motifs is 5. The van der Waals surface area contributed by atoms with Crippen LogP contribution in [0.15, 0.2) is 0 Å². The summed E-state index contributed by atoms with van der Waals surface area (Å²) in [5.74, 6) is 1.46. The molecular weight excluding hydrogens is 338 g/mol. The molecular formula is C16H22N7OS+. The molecule has 2 N–H and O–H groups in total. The topological polar surface area (TPSA) is 81.7 Å². The van der Waals surface area contributed by atoms with E-state index in [1.807, 2.05) is 11.3 Å². The highest BCUT2D eigenvalue weighted by Gasteiger charge is 2.27. The highest BCUT2D eigenvalue weighted by atomic mass is 32.1. The zero-order valence-corrected chi connectivity index (χ0v) is 15.1. The molecule has 1 saturated heterocycles. The fraction of sp³-hybridized carbons (Fsp3) is 0.625. The molecule has 9 heteroatoms. The number of rotatable bonds is 4. The first-order valence-corrected chi connectivity index (χ1v) is 9.86. The van der Waals surface area contributed by atoms with Gasteiger partial charge in [0, 0.05) is 19.6 Å². The van der Waals surface area contributed by atoms with Crippen LogP contribution in [0.25, 0.3) is 16.0 Å². The summed E-state index contributed by atoms with van der Waals surface area (Å²) in [5, 5.41) is 16.8. The standard InChI is InChI=1S/C16H21N7OS/c1-2-22-6-5-11-12(9-22)25-15-13(11)14(17-8-10-4-3-7-24-10)18-16-19-20-21-23(15)16/h10H,2-9H2,1H3,(H,17,18,19,21)/p+1/t10-/m0/s1. The highest BCUT2D eigenvalue weighted by Crippen LogP contribution is 2.36. The van der Waals surface area contributed by atoms with Gasteiger partial charge in [0.1, 0.15) is 17.2 Å². The molecule has 132 valence electrons. The Morgan fingerprint density at radius 1 is 1.44 bits per heavy atom. The Bertz CT molecular complexity index is 914. The summed E-state index contributed by atoms with van der Waals surface area (Å²) < 4.78 is 7.52. The Morgan fingerprint density at radius 2 is 2.40 bits per heavy atom. The second-order valence-corrected chi connectivity index (χ2v) is 7.91. The number of nitrogens with one attached hydrogen (secondary N) is 2. The first-order valence-electron chi connectivity index (χ1n) is 9.05. The van der Waals surface area contributed by atoms with Gasteiger partial charge in [-0.15, -0.1) is 11.3 Å². The smallest absolute Gasteiger partial charge is 0.276 e. The van der Waals surface area contributed by atoms with E-state index in [0.717, 1.165) is 56.2 Å². The summed E-state index contributed by atoms with van der Waals surface area (Å²) in [4.78, 5) is 8.89. The average molecular weight is 360 g/mol. The van der Waals surface area contributed by atoms with E-state index in [2.05, 4.69) is 27.8 Å². The fourth-order valence-corrected chi connectivity index (χ4v) is 5.26. The SMILES string of the molecule is CC[NH+]1CCc2c(sc3c2c(NC[C@@H]2CCCO2)nc2nnnn23)C1. The third-order valence-corrected chi connectivity index (χ3v) is 6.53. The largest absolute Gasteiger partial charge is 0.376 e. The summed E-state index contributed by atoms with van der Waals surface area (Å²) >= 11 is 1.81. The molecule has 5 heterocycles. The molecule has 25 heavy (non-hydrogen) atoms. The molecule has 2 atom stereocenters. The zero-order valence-electron chi connectivity index (χ0n) is 14.3. The predicted molar refractivity (Wildman–Crippen MR) is 95.2 cm³/mol. The third kappa shape index (κ3) is 2.57. The summed E-state index contributed by atoms with van der Waals surface area (Å²) in [6.07, 6.45) is 3.62. The Morgan fingerprint density at radius 3 is 3.24 bits per heavy atom. The highest BCUT2D eigenvalue weighted by molar-refractivity contribution is 7.19. The molecule has 0 aromatic carbocycles. The molecule has 2 aliphatic heterocycles. The lowest BCUT2D eigenvalue weighted by atomic mass is 10.0. The molecule has 1 fully saturated rings. The number of likely N-dealkylation sites (N-methyl/N-ethyl adjacent to an activating group) is 1. The lowest BCUT2D eigenvalue weighted by Crippen LogP contribution is -3.11. The Kier molecular flexibility index (Phi) is 3.79. The molecule has 8 nitrogen and oxygen atoms in total. The van der Waals surface area contributed by atoms with Gasteiger partial charge in [0.2, 0.25) is 0 Å². The zero-order chi connectivity index (χ0) is 16.8. The molecule has 0 bridgehead atoms. The van der Waals surface area contributed by atoms with Crippen LogP contribution < -0.4 is 10.2 Å². The van der Waals surface area contributed by atoms with E-state index in [9.17, 15) is 0 Å². The van der Waals surface area contributed by atoms with Crippen molar-refractivity contribution >= 4 is 33.1 Å². The molecule has 2 aliphatic rings. The first-order chi connectivity index (χ1) is 12.3. The normalized spacial score (nSPS) is 23.4. The van der Waals surface area contributed by atoms with Crippen molar-refractivity contribution in [2.45, 2.75) is 38.8 Å². The van der Waals surface area contributed by atoms with Gasteiger partial charge in [-0.2, -0.15) is 9.50 Å². The number of ether oxygens (including phenoxy) is 1. The van der Waals surface area contributed by atoms with E-state index in [-0.39, 0.29) is 6.10 Å². The van der Waals surface area contributed by atoms with Crippen molar-refractivity contribution in [3.63, 3.8) is 0 Å². The minimum Gasteiger partial charge on any atom is -0.376 e. The molecule has 3 aromatic heterocycles. The van der Waals surface area contributed by atoms with Crippen molar-refractivity contribution in [3.8, 4) is 0 Å². The average Bonchev–Trinajstić information content (AvgIpc) is 3.36. The quantitative estimate of drug-likeness (QED) is 0.696. The van der Waals surface area contributed by atoms with Crippen LogP contribution >= 0.6 is 11.3 Å². The third-order valence-electron chi connectivity index (χ3n) is 5.33. The number of thiophene rings is 1. The number of hydrogen-bond donors (Lipinski definition) is 2. The monoisotopic (exact) mass is 360 g/mol. The first kappa shape index (κ1) is 15.4. The number of anilines is 1. The minimum absolute atomic E-state index is 0.276. The molecule has 1 unspecified atom stereocenters. The molecule has 0 amide bonds. The fourth-order valence-electron chi connectivity index (χ4n) is 3.90. The van der Waals surface area contributed by atoms with Gasteiger partial charge >= 0.3 is 0 Å². The van der Waals surface area contributed by atoms with Crippen LogP contribution in [0.3, 0.4) is 0 Å². The van der Waals surface area contributed by atoms with Crippen molar-refractivity contribution in [1.29, 1.82) is 0 Å². The van der Waals surface area contributed by atoms with Crippen molar-refractivity contribution in [2.75, 3.05) is 31.6 Å². The summed E-state index contributed by atoms with van der Waals surface area (Å²) in [5.41, 5.74) is 1.43. The van der Waals surface area contributed by atoms with Crippen LogP contribution in [0.4, 0.5) is 5.82 Å². The van der Waals surface area contributed by atoms with Crippen molar-refractivity contribution in [2.24, 2.45) is 0 Å². The van der Waals surface area contributed by atoms with Crippen LogP contribution in [0.1, 0.15) is 30.2 Å². The second kappa shape index (κ2) is 6.15. The predicted octanol–water partition coefficient (Wildman–Crippen LogP) is 0.286. The van der Waals surface area contributed by atoms with E-state index in [1.54, 1.807) is 9.42 Å². The second-order valence-electron chi connectivity index (χ2n) is 6.83. The van der Waals surface area contributed by atoms with E-state index in [1.165, 1.54) is 22.4 Å². The Labute approximate surface area is 149 Å². The van der Waals surface area contributed by atoms with Crippen molar-refractivity contribution in [1.82, 2.24) is 25.0 Å². The van der Waals surface area contributed by atoms with Gasteiger partial charge in [-0.25, -0.2) is 0 Å². The number of hydrogen-bond acceptors (Lipinski definition) is 7. The maximum Gasteiger partial charge on any atom is 0.276 e. The lowest BCUT2D eigenvalue weighted by molar-refractivity contribution is -0.913. The molecule has 5 rings (SSSR count). The van der Waals surface area contributed by atoms with Crippen LogP contribution in [0, 0.1) is 0 Å². The van der Waals surface area contributed by atoms with Gasteiger partial charge in [-0.3, -0.25) is 0 Å². The maximum absolute atomic E-state index is 5.75. The number of quaternary nitrogens is 1. The maximum atomic E-state index is 5.75. The van der Waals surface area contributed by atoms with Gasteiger partial charge in [-0.05, 0) is 35.8 Å². The van der Waals surface area contributed by atoms with Crippen LogP contribution in [-0.2, 0) is 17.7 Å². The summed E-state index contributed by atoms with van der Waals surface area (Å²) in [7, 11) is 0. The molecule has 0 saturated carbocycles. The number of nitrogens with zero attached hydrogens (tertiary/aromatic N) is 5. The van der Waals surface area contributed by atoms with Crippen molar-refractivity contribution in [3.05, 3.63) is 10.4 Å². The van der Waals surface area contributed by atoms with Gasteiger partial charge in [0.15, 0.2) is 0 Å². The van der Waals surface area contributed by atoms with Crippen LogP contribution in [0.5, 0.6) is 0 Å². The van der Waals surface area contributed by atoms with Gasteiger partial charge in [0.25, 0.3) is 5.78 Å². The lowest BCUT2D eigenvalue weighted by Gasteiger charge is -2.22. The minimum atomic E-state index is 0.276. The Balaban J connectivity index is 1.60. The van der Waals surface area contributed by atoms with Gasteiger partial charge < -0.3 is 15.0 Å². The number of tetrazole rings is 1. The summed E-state index contributed by atoms with van der Waals surface area (Å²) in [6.45, 7) is 7.33. The van der Waals surface area contributed by atoms with Gasteiger partial charge in [-0.1, -0.05) is 5.10 Å². The van der Waals surface area contributed by atoms with E-state index in [4.69, 9.17) is 9.72 Å². The summed E-state index contributed by atoms with van der Waals surface area (Å²) in [6, 6.07) is 0. The number of aromatic nitrogens is 5. The molecule has 0 aliphatic carbocycles.